The number of aryl methyl sites for hydroxylation is 1. The van der Waals surface area contributed by atoms with Gasteiger partial charge in [-0.25, -0.2) is 4.98 Å². The van der Waals surface area contributed by atoms with E-state index in [2.05, 4.69) is 9.55 Å². The van der Waals surface area contributed by atoms with Crippen molar-refractivity contribution in [3.63, 3.8) is 0 Å². The summed E-state index contributed by atoms with van der Waals surface area (Å²) in [5.74, 6) is 0.961. The van der Waals surface area contributed by atoms with Crippen LogP contribution in [-0.2, 0) is 11.3 Å². The number of aliphatic hydroxyl groups excluding tert-OH is 1. The van der Waals surface area contributed by atoms with Crippen molar-refractivity contribution in [1.82, 2.24) is 9.55 Å². The molecule has 1 aliphatic rings. The second-order valence-electron chi connectivity index (χ2n) is 4.83. The normalized spacial score (nSPS) is 19.4. The molecule has 0 amide bonds. The zero-order valence-corrected chi connectivity index (χ0v) is 11.4. The van der Waals surface area contributed by atoms with Crippen LogP contribution in [0.5, 0.6) is 0 Å². The minimum atomic E-state index is 0.0740. The topological polar surface area (TPSA) is 47.3 Å². The van der Waals surface area contributed by atoms with Crippen LogP contribution in [0.4, 0.5) is 0 Å². The van der Waals surface area contributed by atoms with Crippen LogP contribution in [0.25, 0.3) is 11.0 Å². The second kappa shape index (κ2) is 5.49. The number of rotatable bonds is 4. The molecular formula is C14H17ClN2O2. The molecule has 1 aromatic carbocycles. The maximum absolute atomic E-state index is 9.05. The van der Waals surface area contributed by atoms with Gasteiger partial charge in [0.05, 0.1) is 11.0 Å². The first-order valence-corrected chi connectivity index (χ1v) is 7.05. The van der Waals surface area contributed by atoms with E-state index in [1.54, 1.807) is 0 Å². The van der Waals surface area contributed by atoms with Crippen LogP contribution in [0, 0.1) is 0 Å². The lowest BCUT2D eigenvalue weighted by Crippen LogP contribution is -2.09. The van der Waals surface area contributed by atoms with Crippen LogP contribution in [0.3, 0.4) is 0 Å². The van der Waals surface area contributed by atoms with E-state index in [0.717, 1.165) is 42.9 Å². The van der Waals surface area contributed by atoms with Gasteiger partial charge in [0.1, 0.15) is 11.9 Å². The molecule has 0 spiro atoms. The zero-order valence-electron chi connectivity index (χ0n) is 10.7. The van der Waals surface area contributed by atoms with Crippen LogP contribution >= 0.6 is 11.6 Å². The molecule has 1 atom stereocenters. The molecule has 1 aliphatic heterocycles. The van der Waals surface area contributed by atoms with Crippen molar-refractivity contribution in [1.29, 1.82) is 0 Å². The van der Waals surface area contributed by atoms with Crippen LogP contribution in [0.15, 0.2) is 18.2 Å². The van der Waals surface area contributed by atoms with Crippen LogP contribution < -0.4 is 0 Å². The Morgan fingerprint density at radius 2 is 2.37 bits per heavy atom. The fourth-order valence-electron chi connectivity index (χ4n) is 2.61. The Labute approximate surface area is 117 Å². The van der Waals surface area contributed by atoms with E-state index in [0.29, 0.717) is 11.4 Å². The van der Waals surface area contributed by atoms with Gasteiger partial charge in [-0.2, -0.15) is 0 Å². The van der Waals surface area contributed by atoms with Gasteiger partial charge in [0.2, 0.25) is 0 Å². The SMILES string of the molecule is OCCCn1c(C2CCCO2)nc2cc(Cl)ccc21. The van der Waals surface area contributed by atoms with Crippen molar-refractivity contribution in [2.45, 2.75) is 31.9 Å². The lowest BCUT2D eigenvalue weighted by Gasteiger charge is -2.12. The summed E-state index contributed by atoms with van der Waals surface area (Å²) < 4.78 is 7.89. The van der Waals surface area contributed by atoms with E-state index < -0.39 is 0 Å². The van der Waals surface area contributed by atoms with Gasteiger partial charge >= 0.3 is 0 Å². The van der Waals surface area contributed by atoms with Crippen molar-refractivity contribution in [2.24, 2.45) is 0 Å². The molecule has 0 saturated carbocycles. The van der Waals surface area contributed by atoms with E-state index in [4.69, 9.17) is 21.4 Å². The lowest BCUT2D eigenvalue weighted by molar-refractivity contribution is 0.102. The van der Waals surface area contributed by atoms with Crippen molar-refractivity contribution in [2.75, 3.05) is 13.2 Å². The Balaban J connectivity index is 2.06. The monoisotopic (exact) mass is 280 g/mol. The number of aliphatic hydroxyl groups is 1. The highest BCUT2D eigenvalue weighted by Crippen LogP contribution is 2.31. The highest BCUT2D eigenvalue weighted by Gasteiger charge is 2.24. The number of hydrogen-bond donors (Lipinski definition) is 1. The third kappa shape index (κ3) is 2.48. The fraction of sp³-hybridized carbons (Fsp3) is 0.500. The minimum Gasteiger partial charge on any atom is -0.396 e. The maximum atomic E-state index is 9.05. The van der Waals surface area contributed by atoms with E-state index >= 15 is 0 Å². The average molecular weight is 281 g/mol. The van der Waals surface area contributed by atoms with Gasteiger partial charge in [0.25, 0.3) is 0 Å². The Morgan fingerprint density at radius 1 is 1.47 bits per heavy atom. The summed E-state index contributed by atoms with van der Waals surface area (Å²) in [6.07, 6.45) is 2.88. The predicted molar refractivity (Wildman–Crippen MR) is 74.4 cm³/mol. The summed E-state index contributed by atoms with van der Waals surface area (Å²) in [6, 6.07) is 5.74. The van der Waals surface area contributed by atoms with Gasteiger partial charge in [-0.3, -0.25) is 0 Å². The number of fused-ring (bicyclic) bond motifs is 1. The number of imidazole rings is 1. The van der Waals surface area contributed by atoms with Gasteiger partial charge < -0.3 is 14.4 Å². The third-order valence-corrected chi connectivity index (χ3v) is 3.73. The molecule has 5 heteroatoms. The van der Waals surface area contributed by atoms with E-state index in [9.17, 15) is 0 Å². The summed E-state index contributed by atoms with van der Waals surface area (Å²) in [4.78, 5) is 4.68. The van der Waals surface area contributed by atoms with Crippen LogP contribution in [0.1, 0.15) is 31.2 Å². The summed E-state index contributed by atoms with van der Waals surface area (Å²) >= 11 is 6.02. The van der Waals surface area contributed by atoms with Gasteiger partial charge in [0, 0.05) is 24.8 Å². The zero-order chi connectivity index (χ0) is 13.2. The number of halogens is 1. The lowest BCUT2D eigenvalue weighted by atomic mass is 10.2. The van der Waals surface area contributed by atoms with E-state index in [1.165, 1.54) is 0 Å². The molecule has 0 aliphatic carbocycles. The van der Waals surface area contributed by atoms with Crippen molar-refractivity contribution < 1.29 is 9.84 Å². The van der Waals surface area contributed by atoms with Crippen LogP contribution in [-0.4, -0.2) is 27.9 Å². The summed E-state index contributed by atoms with van der Waals surface area (Å²) in [6.45, 7) is 1.73. The molecule has 0 bridgehead atoms. The molecule has 3 rings (SSSR count). The fourth-order valence-corrected chi connectivity index (χ4v) is 2.78. The smallest absolute Gasteiger partial charge is 0.139 e. The van der Waals surface area contributed by atoms with Crippen molar-refractivity contribution >= 4 is 22.6 Å². The first-order valence-electron chi connectivity index (χ1n) is 6.68. The Morgan fingerprint density at radius 3 is 3.11 bits per heavy atom. The molecule has 1 aromatic heterocycles. The Kier molecular flexibility index (Phi) is 3.73. The summed E-state index contributed by atoms with van der Waals surface area (Å²) in [5, 5.41) is 9.74. The van der Waals surface area contributed by atoms with Gasteiger partial charge in [-0.05, 0) is 37.5 Å². The molecule has 102 valence electrons. The second-order valence-corrected chi connectivity index (χ2v) is 5.27. The largest absolute Gasteiger partial charge is 0.396 e. The first kappa shape index (κ1) is 12.9. The predicted octanol–water partition coefficient (Wildman–Crippen LogP) is 2.92. The minimum absolute atomic E-state index is 0.0740. The standard InChI is InChI=1S/C14H17ClN2O2/c15-10-4-5-12-11(9-10)16-14(13-3-1-8-19-13)17(12)6-2-7-18/h4-5,9,13,18H,1-3,6-8H2. The molecule has 4 nitrogen and oxygen atoms in total. The number of benzene rings is 1. The first-order chi connectivity index (χ1) is 9.29. The number of ether oxygens (including phenoxy) is 1. The molecule has 1 N–H and O–H groups in total. The van der Waals surface area contributed by atoms with Gasteiger partial charge in [-0.1, -0.05) is 11.6 Å². The summed E-state index contributed by atoms with van der Waals surface area (Å²) in [5.41, 5.74) is 1.96. The van der Waals surface area contributed by atoms with E-state index in [1.807, 2.05) is 18.2 Å². The molecule has 2 aromatic rings. The molecule has 1 saturated heterocycles. The maximum Gasteiger partial charge on any atom is 0.139 e. The van der Waals surface area contributed by atoms with Crippen LogP contribution in [0.2, 0.25) is 5.02 Å². The molecule has 2 heterocycles. The Bertz CT molecular complexity index is 576. The molecule has 19 heavy (non-hydrogen) atoms. The molecular weight excluding hydrogens is 264 g/mol. The Hall–Kier alpha value is -1.10. The molecule has 0 radical (unpaired) electrons. The molecule has 1 fully saturated rings. The number of hydrogen-bond acceptors (Lipinski definition) is 3. The highest BCUT2D eigenvalue weighted by atomic mass is 35.5. The summed E-state index contributed by atoms with van der Waals surface area (Å²) in [7, 11) is 0. The molecule has 1 unspecified atom stereocenters. The average Bonchev–Trinajstić information content (AvgIpc) is 3.02. The van der Waals surface area contributed by atoms with Crippen molar-refractivity contribution in [3.05, 3.63) is 29.0 Å². The third-order valence-electron chi connectivity index (χ3n) is 3.50. The highest BCUT2D eigenvalue weighted by molar-refractivity contribution is 6.31. The van der Waals surface area contributed by atoms with Gasteiger partial charge in [0.15, 0.2) is 0 Å². The number of aromatic nitrogens is 2. The van der Waals surface area contributed by atoms with Gasteiger partial charge in [-0.15, -0.1) is 0 Å². The van der Waals surface area contributed by atoms with E-state index in [-0.39, 0.29) is 12.7 Å². The number of nitrogens with zero attached hydrogens (tertiary/aromatic N) is 2. The quantitative estimate of drug-likeness (QED) is 0.937. The van der Waals surface area contributed by atoms with Crippen molar-refractivity contribution in [3.8, 4) is 0 Å².